The van der Waals surface area contributed by atoms with Gasteiger partial charge < -0.3 is 10.2 Å². The number of pyridine rings is 1. The first-order valence-electron chi connectivity index (χ1n) is 11.2. The van der Waals surface area contributed by atoms with Gasteiger partial charge in [-0.2, -0.15) is 0 Å². The maximum atomic E-state index is 12.8. The molecule has 4 nitrogen and oxygen atoms in total. The Kier molecular flexibility index (Phi) is 5.59. The van der Waals surface area contributed by atoms with Crippen molar-refractivity contribution in [3.05, 3.63) is 102 Å². The zero-order valence-corrected chi connectivity index (χ0v) is 18.3. The van der Waals surface area contributed by atoms with Gasteiger partial charge in [0.15, 0.2) is 0 Å². The highest BCUT2D eigenvalue weighted by molar-refractivity contribution is 6.09. The third-order valence-electron chi connectivity index (χ3n) is 6.22. The van der Waals surface area contributed by atoms with E-state index >= 15 is 0 Å². The Morgan fingerprint density at radius 1 is 1.00 bits per heavy atom. The molecule has 1 fully saturated rings. The molecule has 1 aliphatic rings. The van der Waals surface area contributed by atoms with E-state index in [4.69, 9.17) is 4.98 Å². The van der Waals surface area contributed by atoms with Gasteiger partial charge in [-0.05, 0) is 55.5 Å². The summed E-state index contributed by atoms with van der Waals surface area (Å²) in [6.45, 7) is 4.10. The van der Waals surface area contributed by atoms with Crippen LogP contribution in [0.1, 0.15) is 28.0 Å². The molecule has 1 amide bonds. The number of rotatable bonds is 5. The number of carbonyl (C=O) groups is 1. The highest BCUT2D eigenvalue weighted by atomic mass is 16.1. The predicted molar refractivity (Wildman–Crippen MR) is 131 cm³/mol. The Labute approximate surface area is 188 Å². The molecule has 5 rings (SSSR count). The maximum Gasteiger partial charge on any atom is 0.255 e. The molecule has 1 N–H and O–H groups in total. The summed E-state index contributed by atoms with van der Waals surface area (Å²) in [5.41, 5.74) is 5.81. The number of para-hydroxylation sites is 1. The van der Waals surface area contributed by atoms with Gasteiger partial charge in [-0.1, -0.05) is 60.7 Å². The van der Waals surface area contributed by atoms with E-state index in [2.05, 4.69) is 52.7 Å². The topological polar surface area (TPSA) is 45.2 Å². The highest BCUT2D eigenvalue weighted by Crippen LogP contribution is 2.34. The van der Waals surface area contributed by atoms with Crippen LogP contribution < -0.4 is 10.2 Å². The first-order chi connectivity index (χ1) is 15.7. The molecule has 0 bridgehead atoms. The molecule has 1 aliphatic heterocycles. The maximum absolute atomic E-state index is 12.8. The summed E-state index contributed by atoms with van der Waals surface area (Å²) < 4.78 is 0. The zero-order chi connectivity index (χ0) is 21.9. The number of carbonyl (C=O) groups excluding carboxylic acids is 1. The van der Waals surface area contributed by atoms with Gasteiger partial charge in [-0.25, -0.2) is 0 Å². The summed E-state index contributed by atoms with van der Waals surface area (Å²) in [5.74, 6) is 0.522. The third kappa shape index (κ3) is 4.22. The lowest BCUT2D eigenvalue weighted by molar-refractivity contribution is 0.102. The molecule has 32 heavy (non-hydrogen) atoms. The van der Waals surface area contributed by atoms with E-state index in [0.717, 1.165) is 41.8 Å². The van der Waals surface area contributed by atoms with E-state index in [-0.39, 0.29) is 5.91 Å². The van der Waals surface area contributed by atoms with E-state index in [1.165, 1.54) is 17.7 Å². The highest BCUT2D eigenvalue weighted by Gasteiger charge is 2.25. The van der Waals surface area contributed by atoms with Crippen LogP contribution in [0.3, 0.4) is 0 Å². The van der Waals surface area contributed by atoms with Crippen LogP contribution in [-0.4, -0.2) is 24.0 Å². The van der Waals surface area contributed by atoms with Crippen molar-refractivity contribution in [3.63, 3.8) is 0 Å². The lowest BCUT2D eigenvalue weighted by Crippen LogP contribution is -2.21. The second-order valence-corrected chi connectivity index (χ2v) is 8.60. The van der Waals surface area contributed by atoms with Crippen LogP contribution in [0.4, 0.5) is 11.4 Å². The number of nitrogens with one attached hydrogen (secondary N) is 1. The van der Waals surface area contributed by atoms with Crippen LogP contribution in [0.15, 0.2) is 84.9 Å². The monoisotopic (exact) mass is 421 g/mol. The molecule has 1 saturated heterocycles. The number of amides is 1. The fraction of sp³-hybridized carbons (Fsp3) is 0.214. The number of aryl methyl sites for hydroxylation is 1. The Hall–Kier alpha value is -3.66. The molecule has 0 spiro atoms. The largest absolute Gasteiger partial charge is 0.371 e. The minimum absolute atomic E-state index is 0.118. The first kappa shape index (κ1) is 20.3. The lowest BCUT2D eigenvalue weighted by Gasteiger charge is -2.22. The number of aromatic nitrogens is 1. The standard InChI is InChI=1S/C28H27N3O/c1-20-17-26(31-16-15-22(19-31)18-21-9-4-2-5-10-21)24-13-8-14-25(27(24)29-20)30-28(32)23-11-6-3-7-12-23/h2-14,17,22H,15-16,18-19H2,1H3,(H,30,32). The van der Waals surface area contributed by atoms with Crippen molar-refractivity contribution in [1.29, 1.82) is 0 Å². The van der Waals surface area contributed by atoms with Gasteiger partial charge in [0.05, 0.1) is 11.2 Å². The fourth-order valence-electron chi connectivity index (χ4n) is 4.67. The average molecular weight is 422 g/mol. The van der Waals surface area contributed by atoms with Crippen LogP contribution in [0, 0.1) is 12.8 Å². The lowest BCUT2D eigenvalue weighted by atomic mass is 9.99. The summed E-state index contributed by atoms with van der Waals surface area (Å²) in [6.07, 6.45) is 2.29. The summed E-state index contributed by atoms with van der Waals surface area (Å²) in [5, 5.41) is 4.15. The van der Waals surface area contributed by atoms with E-state index in [9.17, 15) is 4.79 Å². The molecule has 1 atom stereocenters. The minimum Gasteiger partial charge on any atom is -0.371 e. The number of nitrogens with zero attached hydrogens (tertiary/aromatic N) is 2. The average Bonchev–Trinajstić information content (AvgIpc) is 3.28. The van der Waals surface area contributed by atoms with E-state index in [0.29, 0.717) is 11.5 Å². The number of hydrogen-bond donors (Lipinski definition) is 1. The Bertz CT molecular complexity index is 1240. The Morgan fingerprint density at radius 2 is 1.75 bits per heavy atom. The summed E-state index contributed by atoms with van der Waals surface area (Å²) >= 11 is 0. The van der Waals surface area contributed by atoms with Crippen molar-refractivity contribution in [2.24, 2.45) is 5.92 Å². The van der Waals surface area contributed by atoms with Gasteiger partial charge in [0.2, 0.25) is 0 Å². The van der Waals surface area contributed by atoms with Gasteiger partial charge >= 0.3 is 0 Å². The van der Waals surface area contributed by atoms with Crippen LogP contribution in [-0.2, 0) is 6.42 Å². The van der Waals surface area contributed by atoms with E-state index < -0.39 is 0 Å². The molecular formula is C28H27N3O. The summed E-state index contributed by atoms with van der Waals surface area (Å²) in [4.78, 5) is 20.0. The van der Waals surface area contributed by atoms with Crippen molar-refractivity contribution in [2.45, 2.75) is 19.8 Å². The SMILES string of the molecule is Cc1cc(N2CCC(Cc3ccccc3)C2)c2cccc(NC(=O)c3ccccc3)c2n1. The first-order valence-corrected chi connectivity index (χ1v) is 11.2. The molecule has 2 heterocycles. The number of hydrogen-bond acceptors (Lipinski definition) is 3. The van der Waals surface area contributed by atoms with Crippen molar-refractivity contribution >= 4 is 28.2 Å². The van der Waals surface area contributed by atoms with Gasteiger partial charge in [0.25, 0.3) is 5.91 Å². The van der Waals surface area contributed by atoms with Gasteiger partial charge in [0.1, 0.15) is 0 Å². The fourth-order valence-corrected chi connectivity index (χ4v) is 4.67. The van der Waals surface area contributed by atoms with Crippen molar-refractivity contribution in [1.82, 2.24) is 4.98 Å². The second kappa shape index (κ2) is 8.83. The third-order valence-corrected chi connectivity index (χ3v) is 6.22. The van der Waals surface area contributed by atoms with Gasteiger partial charge in [-0.15, -0.1) is 0 Å². The molecule has 1 unspecified atom stereocenters. The quantitative estimate of drug-likeness (QED) is 0.439. The molecule has 1 aromatic heterocycles. The van der Waals surface area contributed by atoms with Gasteiger partial charge in [0, 0.05) is 35.4 Å². The van der Waals surface area contributed by atoms with Crippen molar-refractivity contribution in [2.75, 3.05) is 23.3 Å². The van der Waals surface area contributed by atoms with Crippen LogP contribution >= 0.6 is 0 Å². The van der Waals surface area contributed by atoms with E-state index in [1.54, 1.807) is 0 Å². The smallest absolute Gasteiger partial charge is 0.255 e. The molecule has 4 aromatic rings. The Balaban J connectivity index is 1.42. The zero-order valence-electron chi connectivity index (χ0n) is 18.3. The number of fused-ring (bicyclic) bond motifs is 1. The summed E-state index contributed by atoms with van der Waals surface area (Å²) in [7, 11) is 0. The minimum atomic E-state index is -0.118. The van der Waals surface area contributed by atoms with Crippen LogP contribution in [0.5, 0.6) is 0 Å². The van der Waals surface area contributed by atoms with E-state index in [1.807, 2.05) is 49.4 Å². The molecule has 0 saturated carbocycles. The molecule has 0 radical (unpaired) electrons. The molecular weight excluding hydrogens is 394 g/mol. The second-order valence-electron chi connectivity index (χ2n) is 8.60. The van der Waals surface area contributed by atoms with Crippen LogP contribution in [0.25, 0.3) is 10.9 Å². The van der Waals surface area contributed by atoms with Gasteiger partial charge in [-0.3, -0.25) is 9.78 Å². The summed E-state index contributed by atoms with van der Waals surface area (Å²) in [6, 6.07) is 28.3. The van der Waals surface area contributed by atoms with Crippen molar-refractivity contribution < 1.29 is 4.79 Å². The normalized spacial score (nSPS) is 15.8. The number of anilines is 2. The molecule has 3 aromatic carbocycles. The van der Waals surface area contributed by atoms with Crippen LogP contribution in [0.2, 0.25) is 0 Å². The predicted octanol–water partition coefficient (Wildman–Crippen LogP) is 5.86. The molecule has 4 heteroatoms. The number of benzene rings is 3. The van der Waals surface area contributed by atoms with Crippen molar-refractivity contribution in [3.8, 4) is 0 Å². The molecule has 0 aliphatic carbocycles. The Morgan fingerprint density at radius 3 is 2.53 bits per heavy atom. The molecule has 160 valence electrons.